The van der Waals surface area contributed by atoms with Gasteiger partial charge >= 0.3 is 5.97 Å². The van der Waals surface area contributed by atoms with Crippen LogP contribution in [0.5, 0.6) is 0 Å². The molecule has 1 aliphatic rings. The number of aliphatic carboxylic acids is 1. The minimum absolute atomic E-state index is 0.145. The summed E-state index contributed by atoms with van der Waals surface area (Å²) in [7, 11) is 0. The van der Waals surface area contributed by atoms with Gasteiger partial charge in [-0.1, -0.05) is 12.1 Å². The van der Waals surface area contributed by atoms with Gasteiger partial charge in [0.25, 0.3) is 0 Å². The van der Waals surface area contributed by atoms with Crippen molar-refractivity contribution in [3.63, 3.8) is 0 Å². The fourth-order valence-electron chi connectivity index (χ4n) is 1.93. The Hall–Kier alpha value is -1.55. The molecule has 0 aromatic heterocycles. The highest BCUT2D eigenvalue weighted by molar-refractivity contribution is 5.74. The van der Waals surface area contributed by atoms with Crippen molar-refractivity contribution < 1.29 is 9.90 Å². The van der Waals surface area contributed by atoms with Crippen LogP contribution in [0, 0.1) is 0 Å². The van der Waals surface area contributed by atoms with Gasteiger partial charge in [0.1, 0.15) is 6.04 Å². The summed E-state index contributed by atoms with van der Waals surface area (Å²) in [6.45, 7) is 0. The van der Waals surface area contributed by atoms with Gasteiger partial charge in [-0.25, -0.2) is 0 Å². The maximum atomic E-state index is 10.8. The Labute approximate surface area is 88.1 Å². The molecule has 0 amide bonds. The molecule has 4 heteroatoms. The van der Waals surface area contributed by atoms with E-state index in [0.717, 1.165) is 17.7 Å². The predicted molar refractivity (Wildman–Crippen MR) is 57.4 cm³/mol. The largest absolute Gasteiger partial charge is 0.480 e. The molecule has 2 rings (SSSR count). The summed E-state index contributed by atoms with van der Waals surface area (Å²) in [5, 5.41) is 11.9. The van der Waals surface area contributed by atoms with Crippen LogP contribution in [-0.4, -0.2) is 17.1 Å². The van der Waals surface area contributed by atoms with E-state index < -0.39 is 12.0 Å². The summed E-state index contributed by atoms with van der Waals surface area (Å²) in [6.07, 6.45) is 1.55. The molecule has 1 fully saturated rings. The fraction of sp³-hybridized carbons (Fsp3) is 0.364. The average Bonchev–Trinajstić information content (AvgIpc) is 2.68. The molecule has 0 bridgehead atoms. The van der Waals surface area contributed by atoms with Gasteiger partial charge in [-0.2, -0.15) is 0 Å². The molecule has 15 heavy (non-hydrogen) atoms. The first-order chi connectivity index (χ1) is 7.16. The second kappa shape index (κ2) is 3.90. The molecular formula is C11H14N2O2. The number of hydrogen-bond donors (Lipinski definition) is 3. The third-order valence-corrected chi connectivity index (χ3v) is 2.78. The van der Waals surface area contributed by atoms with Crippen molar-refractivity contribution >= 4 is 11.7 Å². The van der Waals surface area contributed by atoms with E-state index in [-0.39, 0.29) is 6.04 Å². The highest BCUT2D eigenvalue weighted by Crippen LogP contribution is 2.26. The SMILES string of the molecule is Nc1ccc(C2CCC(C(=O)O)N2)cc1. The van der Waals surface area contributed by atoms with E-state index in [0.29, 0.717) is 6.42 Å². The van der Waals surface area contributed by atoms with Crippen molar-refractivity contribution in [1.29, 1.82) is 0 Å². The summed E-state index contributed by atoms with van der Waals surface area (Å²) in [6, 6.07) is 7.30. The summed E-state index contributed by atoms with van der Waals surface area (Å²) in [4.78, 5) is 10.8. The minimum atomic E-state index is -0.770. The normalized spacial score (nSPS) is 25.3. The van der Waals surface area contributed by atoms with Crippen LogP contribution in [0.3, 0.4) is 0 Å². The zero-order valence-corrected chi connectivity index (χ0v) is 8.31. The zero-order valence-electron chi connectivity index (χ0n) is 8.31. The Morgan fingerprint density at radius 3 is 2.53 bits per heavy atom. The molecular weight excluding hydrogens is 192 g/mol. The Kier molecular flexibility index (Phi) is 2.60. The van der Waals surface area contributed by atoms with Crippen LogP contribution in [0.2, 0.25) is 0 Å². The fourth-order valence-corrected chi connectivity index (χ4v) is 1.93. The van der Waals surface area contributed by atoms with Gasteiger partial charge in [0.2, 0.25) is 0 Å². The lowest BCUT2D eigenvalue weighted by atomic mass is 10.1. The van der Waals surface area contributed by atoms with Crippen LogP contribution in [0.4, 0.5) is 5.69 Å². The van der Waals surface area contributed by atoms with Gasteiger partial charge in [-0.05, 0) is 30.5 Å². The molecule has 1 aromatic rings. The van der Waals surface area contributed by atoms with Crippen LogP contribution in [0.25, 0.3) is 0 Å². The summed E-state index contributed by atoms with van der Waals surface area (Å²) >= 11 is 0. The number of nitrogen functional groups attached to an aromatic ring is 1. The molecule has 2 atom stereocenters. The molecule has 0 saturated carbocycles. The van der Waals surface area contributed by atoms with E-state index in [2.05, 4.69) is 5.32 Å². The molecule has 1 saturated heterocycles. The maximum Gasteiger partial charge on any atom is 0.320 e. The number of nitrogens with one attached hydrogen (secondary N) is 1. The van der Waals surface area contributed by atoms with Gasteiger partial charge in [0, 0.05) is 11.7 Å². The summed E-state index contributed by atoms with van der Waals surface area (Å²) < 4.78 is 0. The highest BCUT2D eigenvalue weighted by Gasteiger charge is 2.29. The average molecular weight is 206 g/mol. The van der Waals surface area contributed by atoms with Gasteiger partial charge in [-0.3, -0.25) is 10.1 Å². The number of nitrogens with two attached hydrogens (primary N) is 1. The van der Waals surface area contributed by atoms with Crippen molar-refractivity contribution in [2.45, 2.75) is 24.9 Å². The molecule has 0 spiro atoms. The maximum absolute atomic E-state index is 10.8. The monoisotopic (exact) mass is 206 g/mol. The first kappa shape index (κ1) is 9.98. The number of carbonyl (C=O) groups is 1. The molecule has 80 valence electrons. The first-order valence-corrected chi connectivity index (χ1v) is 5.01. The Morgan fingerprint density at radius 2 is 2.00 bits per heavy atom. The number of carboxylic acid groups (broad SMARTS) is 1. The van der Waals surface area contributed by atoms with Gasteiger partial charge in [0.05, 0.1) is 0 Å². The molecule has 4 N–H and O–H groups in total. The number of anilines is 1. The zero-order chi connectivity index (χ0) is 10.8. The second-order valence-corrected chi connectivity index (χ2v) is 3.85. The number of benzene rings is 1. The van der Waals surface area contributed by atoms with Crippen molar-refractivity contribution in [2.24, 2.45) is 0 Å². The molecule has 0 radical (unpaired) electrons. The number of hydrogen-bond acceptors (Lipinski definition) is 3. The third-order valence-electron chi connectivity index (χ3n) is 2.78. The van der Waals surface area contributed by atoms with E-state index in [1.807, 2.05) is 24.3 Å². The molecule has 4 nitrogen and oxygen atoms in total. The Bertz CT molecular complexity index is 361. The lowest BCUT2D eigenvalue weighted by molar-refractivity contribution is -0.139. The lowest BCUT2D eigenvalue weighted by Gasteiger charge is -2.12. The van der Waals surface area contributed by atoms with Crippen LogP contribution in [-0.2, 0) is 4.79 Å². The molecule has 2 unspecified atom stereocenters. The van der Waals surface area contributed by atoms with Crippen molar-refractivity contribution in [2.75, 3.05) is 5.73 Å². The molecule has 1 heterocycles. The van der Waals surface area contributed by atoms with E-state index in [4.69, 9.17) is 10.8 Å². The Balaban J connectivity index is 2.07. The van der Waals surface area contributed by atoms with Gasteiger partial charge < -0.3 is 10.8 Å². The number of rotatable bonds is 2. The van der Waals surface area contributed by atoms with Crippen molar-refractivity contribution in [1.82, 2.24) is 5.32 Å². The van der Waals surface area contributed by atoms with E-state index in [1.165, 1.54) is 0 Å². The standard InChI is InChI=1S/C11H14N2O2/c12-8-3-1-7(2-4-8)9-5-6-10(13-9)11(14)15/h1-4,9-10,13H,5-6,12H2,(H,14,15). The summed E-state index contributed by atoms with van der Waals surface area (Å²) in [5.74, 6) is -0.770. The van der Waals surface area contributed by atoms with Crippen molar-refractivity contribution in [3.05, 3.63) is 29.8 Å². The molecule has 1 aliphatic heterocycles. The van der Waals surface area contributed by atoms with E-state index in [9.17, 15) is 4.79 Å². The first-order valence-electron chi connectivity index (χ1n) is 5.01. The minimum Gasteiger partial charge on any atom is -0.480 e. The van der Waals surface area contributed by atoms with Crippen LogP contribution in [0.15, 0.2) is 24.3 Å². The van der Waals surface area contributed by atoms with Gasteiger partial charge in [-0.15, -0.1) is 0 Å². The smallest absolute Gasteiger partial charge is 0.320 e. The summed E-state index contributed by atoms with van der Waals surface area (Å²) in [5.41, 5.74) is 7.42. The van der Waals surface area contributed by atoms with Crippen LogP contribution >= 0.6 is 0 Å². The van der Waals surface area contributed by atoms with Crippen LogP contribution in [0.1, 0.15) is 24.4 Å². The molecule has 0 aliphatic carbocycles. The van der Waals surface area contributed by atoms with Crippen molar-refractivity contribution in [3.8, 4) is 0 Å². The molecule has 1 aromatic carbocycles. The van der Waals surface area contributed by atoms with E-state index >= 15 is 0 Å². The Morgan fingerprint density at radius 1 is 1.33 bits per heavy atom. The van der Waals surface area contributed by atoms with Crippen LogP contribution < -0.4 is 11.1 Å². The topological polar surface area (TPSA) is 75.4 Å². The number of carboxylic acids is 1. The quantitative estimate of drug-likeness (QED) is 0.634. The second-order valence-electron chi connectivity index (χ2n) is 3.85. The third kappa shape index (κ3) is 2.10. The predicted octanol–water partition coefficient (Wildman–Crippen LogP) is 1.15. The van der Waals surface area contributed by atoms with Gasteiger partial charge in [0.15, 0.2) is 0 Å². The highest BCUT2D eigenvalue weighted by atomic mass is 16.4. The lowest BCUT2D eigenvalue weighted by Crippen LogP contribution is -2.31. The van der Waals surface area contributed by atoms with E-state index in [1.54, 1.807) is 0 Å².